The summed E-state index contributed by atoms with van der Waals surface area (Å²) in [6, 6.07) is -0.515. The van der Waals surface area contributed by atoms with Crippen LogP contribution < -0.4 is 10.6 Å². The highest BCUT2D eigenvalue weighted by Gasteiger charge is 2.14. The van der Waals surface area contributed by atoms with Crippen LogP contribution in [-0.4, -0.2) is 46.4 Å². The van der Waals surface area contributed by atoms with Crippen molar-refractivity contribution in [3.8, 4) is 0 Å². The van der Waals surface area contributed by atoms with Crippen LogP contribution in [0.15, 0.2) is 11.6 Å². The van der Waals surface area contributed by atoms with Crippen LogP contribution >= 0.6 is 11.3 Å². The highest BCUT2D eigenvalue weighted by molar-refractivity contribution is 7.09. The number of hydrogen-bond acceptors (Lipinski definition) is 5. The molecule has 0 aliphatic carbocycles. The van der Waals surface area contributed by atoms with Crippen molar-refractivity contribution in [1.29, 1.82) is 0 Å². The summed E-state index contributed by atoms with van der Waals surface area (Å²) in [5.41, 5.74) is 0. The van der Waals surface area contributed by atoms with Gasteiger partial charge >= 0.3 is 12.0 Å². The quantitative estimate of drug-likeness (QED) is 0.582. The lowest BCUT2D eigenvalue weighted by Crippen LogP contribution is -2.42. The zero-order valence-electron chi connectivity index (χ0n) is 9.79. The minimum Gasteiger partial charge on any atom is -0.479 e. The fraction of sp³-hybridized carbons (Fsp3) is 0.500. The molecule has 0 bridgehead atoms. The fourth-order valence-electron chi connectivity index (χ4n) is 1.15. The molecule has 2 amide bonds. The van der Waals surface area contributed by atoms with Gasteiger partial charge in [-0.2, -0.15) is 0 Å². The summed E-state index contributed by atoms with van der Waals surface area (Å²) in [7, 11) is 0. The Morgan fingerprint density at radius 1 is 1.44 bits per heavy atom. The number of aliphatic hydroxyl groups is 1. The number of carboxylic acid groups (broad SMARTS) is 1. The lowest BCUT2D eigenvalue weighted by Gasteiger charge is -2.12. The molecule has 18 heavy (non-hydrogen) atoms. The van der Waals surface area contributed by atoms with Gasteiger partial charge in [-0.25, -0.2) is 14.6 Å². The number of aliphatic hydroxyl groups excluding tert-OH is 1. The number of hydrogen-bond donors (Lipinski definition) is 4. The van der Waals surface area contributed by atoms with E-state index in [1.165, 1.54) is 11.3 Å². The lowest BCUT2D eigenvalue weighted by molar-refractivity contribution is -0.146. The number of rotatable bonds is 6. The van der Waals surface area contributed by atoms with Crippen LogP contribution in [0, 0.1) is 0 Å². The van der Waals surface area contributed by atoms with Crippen LogP contribution in [0.5, 0.6) is 0 Å². The molecule has 1 aromatic rings. The number of nitrogens with one attached hydrogen (secondary N) is 2. The second-order valence-electron chi connectivity index (χ2n) is 3.72. The van der Waals surface area contributed by atoms with Crippen molar-refractivity contribution >= 4 is 23.3 Å². The SMILES string of the molecule is CC(CNC(=O)NCC(O)C(=O)O)c1nccs1. The summed E-state index contributed by atoms with van der Waals surface area (Å²) in [6.45, 7) is 1.99. The first-order valence-corrected chi connectivity index (χ1v) is 6.20. The van der Waals surface area contributed by atoms with Gasteiger partial charge in [0, 0.05) is 24.0 Å². The van der Waals surface area contributed by atoms with Crippen LogP contribution in [0.2, 0.25) is 0 Å². The van der Waals surface area contributed by atoms with E-state index in [1.807, 2.05) is 12.3 Å². The number of urea groups is 1. The maximum Gasteiger partial charge on any atom is 0.334 e. The summed E-state index contributed by atoms with van der Waals surface area (Å²) >= 11 is 1.50. The average Bonchev–Trinajstić information content (AvgIpc) is 2.86. The molecule has 0 saturated carbocycles. The molecule has 1 aromatic heterocycles. The van der Waals surface area contributed by atoms with Crippen molar-refractivity contribution in [2.24, 2.45) is 0 Å². The predicted octanol–water partition coefficient (Wildman–Crippen LogP) is -0.00870. The van der Waals surface area contributed by atoms with E-state index in [1.54, 1.807) is 6.20 Å². The van der Waals surface area contributed by atoms with E-state index in [4.69, 9.17) is 10.2 Å². The zero-order chi connectivity index (χ0) is 13.5. The number of amides is 2. The molecule has 0 aliphatic rings. The molecule has 1 rings (SSSR count). The van der Waals surface area contributed by atoms with Gasteiger partial charge in [-0.3, -0.25) is 0 Å². The molecule has 0 saturated heterocycles. The Labute approximate surface area is 108 Å². The van der Waals surface area contributed by atoms with Gasteiger partial charge in [0.05, 0.1) is 11.6 Å². The summed E-state index contributed by atoms with van der Waals surface area (Å²) < 4.78 is 0. The molecular formula is C10H15N3O4S. The standard InChI is InChI=1S/C10H15N3O4S/c1-6(8-11-2-3-18-8)4-12-10(17)13-5-7(14)9(15)16/h2-3,6-7,14H,4-5H2,1H3,(H,15,16)(H2,12,13,17). The van der Waals surface area contributed by atoms with Gasteiger partial charge in [-0.1, -0.05) is 6.92 Å². The van der Waals surface area contributed by atoms with Crippen LogP contribution in [-0.2, 0) is 4.79 Å². The first-order valence-electron chi connectivity index (χ1n) is 5.32. The maximum atomic E-state index is 11.3. The van der Waals surface area contributed by atoms with Crippen LogP contribution in [0.25, 0.3) is 0 Å². The van der Waals surface area contributed by atoms with Gasteiger partial charge in [0.15, 0.2) is 6.10 Å². The Morgan fingerprint density at radius 3 is 2.67 bits per heavy atom. The molecule has 7 nitrogen and oxygen atoms in total. The predicted molar refractivity (Wildman–Crippen MR) is 65.6 cm³/mol. The molecule has 2 atom stereocenters. The van der Waals surface area contributed by atoms with Gasteiger partial charge in [0.1, 0.15) is 0 Å². The average molecular weight is 273 g/mol. The van der Waals surface area contributed by atoms with Crippen molar-refractivity contribution < 1.29 is 19.8 Å². The van der Waals surface area contributed by atoms with E-state index >= 15 is 0 Å². The number of carbonyl (C=O) groups excluding carboxylic acids is 1. The molecule has 0 spiro atoms. The van der Waals surface area contributed by atoms with Crippen LogP contribution in [0.4, 0.5) is 4.79 Å². The third-order valence-corrected chi connectivity index (χ3v) is 3.19. The molecule has 2 unspecified atom stereocenters. The van der Waals surface area contributed by atoms with Crippen molar-refractivity contribution in [3.05, 3.63) is 16.6 Å². The summed E-state index contributed by atoms with van der Waals surface area (Å²) in [6.07, 6.45) is 0.104. The summed E-state index contributed by atoms with van der Waals surface area (Å²) in [5, 5.41) is 25.0. The molecule has 0 aliphatic heterocycles. The highest BCUT2D eigenvalue weighted by Crippen LogP contribution is 2.16. The largest absolute Gasteiger partial charge is 0.479 e. The minimum atomic E-state index is -1.59. The molecule has 0 fully saturated rings. The van der Waals surface area contributed by atoms with E-state index in [-0.39, 0.29) is 12.5 Å². The second kappa shape index (κ2) is 6.92. The molecule has 8 heteroatoms. The Bertz CT molecular complexity index is 396. The number of aliphatic carboxylic acids is 1. The van der Waals surface area contributed by atoms with Gasteiger partial charge in [-0.05, 0) is 0 Å². The smallest absolute Gasteiger partial charge is 0.334 e. The van der Waals surface area contributed by atoms with E-state index in [0.717, 1.165) is 5.01 Å². The Hall–Kier alpha value is -1.67. The maximum absolute atomic E-state index is 11.3. The van der Waals surface area contributed by atoms with Crippen molar-refractivity contribution in [1.82, 2.24) is 15.6 Å². The number of aromatic nitrogens is 1. The number of carboxylic acids is 1. The normalized spacial score (nSPS) is 13.7. The Kier molecular flexibility index (Phi) is 5.53. The van der Waals surface area contributed by atoms with Gasteiger partial charge < -0.3 is 20.8 Å². The Morgan fingerprint density at radius 2 is 2.11 bits per heavy atom. The minimum absolute atomic E-state index is 0.0835. The fourth-order valence-corrected chi connectivity index (χ4v) is 1.85. The third kappa shape index (κ3) is 4.68. The van der Waals surface area contributed by atoms with Crippen LogP contribution in [0.1, 0.15) is 17.8 Å². The third-order valence-electron chi connectivity index (χ3n) is 2.18. The zero-order valence-corrected chi connectivity index (χ0v) is 10.6. The molecule has 0 aromatic carbocycles. The number of carbonyl (C=O) groups is 2. The monoisotopic (exact) mass is 273 g/mol. The first kappa shape index (κ1) is 14.4. The molecular weight excluding hydrogens is 258 g/mol. The molecule has 1 heterocycles. The molecule has 4 N–H and O–H groups in total. The van der Waals surface area contributed by atoms with E-state index < -0.39 is 18.1 Å². The number of thiazole rings is 1. The van der Waals surface area contributed by atoms with Gasteiger partial charge in [0.25, 0.3) is 0 Å². The van der Waals surface area contributed by atoms with E-state index in [0.29, 0.717) is 6.54 Å². The van der Waals surface area contributed by atoms with Gasteiger partial charge in [-0.15, -0.1) is 11.3 Å². The lowest BCUT2D eigenvalue weighted by atomic mass is 10.2. The second-order valence-corrected chi connectivity index (χ2v) is 4.64. The topological polar surface area (TPSA) is 112 Å². The van der Waals surface area contributed by atoms with Crippen molar-refractivity contribution in [2.45, 2.75) is 18.9 Å². The first-order chi connectivity index (χ1) is 8.50. The van der Waals surface area contributed by atoms with Crippen LogP contribution in [0.3, 0.4) is 0 Å². The summed E-state index contributed by atoms with van der Waals surface area (Å²) in [4.78, 5) is 25.7. The van der Waals surface area contributed by atoms with E-state index in [2.05, 4.69) is 15.6 Å². The molecule has 100 valence electrons. The Balaban J connectivity index is 2.23. The van der Waals surface area contributed by atoms with Gasteiger partial charge in [0.2, 0.25) is 0 Å². The number of nitrogens with zero attached hydrogens (tertiary/aromatic N) is 1. The molecule has 0 radical (unpaired) electrons. The summed E-state index contributed by atoms with van der Waals surface area (Å²) in [5.74, 6) is -1.29. The highest BCUT2D eigenvalue weighted by atomic mass is 32.1. The van der Waals surface area contributed by atoms with Crippen molar-refractivity contribution in [2.75, 3.05) is 13.1 Å². The van der Waals surface area contributed by atoms with Crippen molar-refractivity contribution in [3.63, 3.8) is 0 Å². The van der Waals surface area contributed by atoms with E-state index in [9.17, 15) is 9.59 Å².